The summed E-state index contributed by atoms with van der Waals surface area (Å²) in [5.74, 6) is 0.232. The number of aromatic nitrogens is 2. The Morgan fingerprint density at radius 2 is 2.06 bits per heavy atom. The Morgan fingerprint density at radius 1 is 1.33 bits per heavy atom. The summed E-state index contributed by atoms with van der Waals surface area (Å²) in [4.78, 5) is 18.9. The second-order valence-corrected chi connectivity index (χ2v) is 4.43. The largest absolute Gasteiger partial charge is 0.466 e. The molecule has 1 fully saturated rings. The Bertz CT molecular complexity index is 335. The van der Waals surface area contributed by atoms with E-state index in [1.165, 1.54) is 19.3 Å². The average molecular weight is 250 g/mol. The lowest BCUT2D eigenvalue weighted by Gasteiger charge is -2.19. The van der Waals surface area contributed by atoms with E-state index in [0.29, 0.717) is 6.61 Å². The molecule has 4 nitrogen and oxygen atoms in total. The number of aryl methyl sites for hydroxylation is 1. The van der Waals surface area contributed by atoms with Gasteiger partial charge in [0.15, 0.2) is 0 Å². The van der Waals surface area contributed by atoms with Gasteiger partial charge in [-0.05, 0) is 26.7 Å². The molecular weight excluding hydrogens is 228 g/mol. The molecule has 1 aliphatic rings. The molecule has 1 aliphatic carbocycles. The van der Waals surface area contributed by atoms with E-state index in [-0.39, 0.29) is 11.9 Å². The highest BCUT2D eigenvalue weighted by Crippen LogP contribution is 2.24. The van der Waals surface area contributed by atoms with Crippen molar-refractivity contribution in [2.24, 2.45) is 5.92 Å². The Hall–Kier alpha value is -1.45. The number of esters is 1. The standard InChI is InChI=1S/C9H16O2.C5H6N2/c1-2-11-9(10)8-6-4-3-5-7-8;1-5-4-6-2-3-7-5/h8H,2-7H2,1H3;2-4H,1H3. The van der Waals surface area contributed by atoms with E-state index in [1.54, 1.807) is 18.6 Å². The third-order valence-corrected chi connectivity index (χ3v) is 2.92. The van der Waals surface area contributed by atoms with Crippen LogP contribution in [0.5, 0.6) is 0 Å². The Kier molecular flexibility index (Phi) is 6.99. The van der Waals surface area contributed by atoms with Gasteiger partial charge in [0.05, 0.1) is 18.2 Å². The van der Waals surface area contributed by atoms with Gasteiger partial charge < -0.3 is 4.74 Å². The highest BCUT2D eigenvalue weighted by Gasteiger charge is 2.21. The maximum absolute atomic E-state index is 11.2. The SMILES string of the molecule is CCOC(=O)C1CCCCC1.Cc1cnccn1. The Balaban J connectivity index is 0.000000199. The first-order valence-corrected chi connectivity index (χ1v) is 6.63. The molecule has 0 bridgehead atoms. The van der Waals surface area contributed by atoms with Crippen molar-refractivity contribution in [2.45, 2.75) is 46.0 Å². The summed E-state index contributed by atoms with van der Waals surface area (Å²) in [5.41, 5.74) is 0.961. The van der Waals surface area contributed by atoms with Crippen molar-refractivity contribution >= 4 is 5.97 Å². The van der Waals surface area contributed by atoms with Crippen molar-refractivity contribution in [1.29, 1.82) is 0 Å². The zero-order valence-corrected chi connectivity index (χ0v) is 11.3. The van der Waals surface area contributed by atoms with Crippen LogP contribution in [0, 0.1) is 12.8 Å². The van der Waals surface area contributed by atoms with E-state index in [1.807, 2.05) is 13.8 Å². The highest BCUT2D eigenvalue weighted by molar-refractivity contribution is 5.72. The van der Waals surface area contributed by atoms with Crippen LogP contribution in [0.3, 0.4) is 0 Å². The van der Waals surface area contributed by atoms with Gasteiger partial charge in [-0.1, -0.05) is 19.3 Å². The predicted octanol–water partition coefficient (Wildman–Crippen LogP) is 2.91. The molecule has 0 aromatic carbocycles. The first-order valence-electron chi connectivity index (χ1n) is 6.63. The number of rotatable bonds is 2. The summed E-state index contributed by atoms with van der Waals surface area (Å²) < 4.78 is 4.94. The summed E-state index contributed by atoms with van der Waals surface area (Å²) >= 11 is 0. The van der Waals surface area contributed by atoms with Crippen molar-refractivity contribution in [2.75, 3.05) is 6.61 Å². The molecule has 1 aromatic heterocycles. The fourth-order valence-electron chi connectivity index (χ4n) is 1.97. The molecular formula is C14H22N2O2. The van der Waals surface area contributed by atoms with Crippen molar-refractivity contribution in [1.82, 2.24) is 9.97 Å². The molecule has 18 heavy (non-hydrogen) atoms. The number of hydrogen-bond donors (Lipinski definition) is 0. The molecule has 0 N–H and O–H groups in total. The summed E-state index contributed by atoms with van der Waals surface area (Å²) in [7, 11) is 0. The molecule has 2 rings (SSSR count). The van der Waals surface area contributed by atoms with Gasteiger partial charge in [-0.3, -0.25) is 14.8 Å². The van der Waals surface area contributed by atoms with E-state index in [4.69, 9.17) is 4.74 Å². The molecule has 0 amide bonds. The van der Waals surface area contributed by atoms with Gasteiger partial charge in [0.1, 0.15) is 0 Å². The zero-order valence-electron chi connectivity index (χ0n) is 11.3. The van der Waals surface area contributed by atoms with Gasteiger partial charge in [-0.25, -0.2) is 0 Å². The van der Waals surface area contributed by atoms with Gasteiger partial charge in [-0.15, -0.1) is 0 Å². The second-order valence-electron chi connectivity index (χ2n) is 4.43. The van der Waals surface area contributed by atoms with Crippen LogP contribution in [0.1, 0.15) is 44.7 Å². The topological polar surface area (TPSA) is 52.1 Å². The van der Waals surface area contributed by atoms with Gasteiger partial charge >= 0.3 is 5.97 Å². The molecule has 0 atom stereocenters. The zero-order chi connectivity index (χ0) is 13.2. The van der Waals surface area contributed by atoms with Gasteiger partial charge in [0.2, 0.25) is 0 Å². The van der Waals surface area contributed by atoms with Crippen molar-refractivity contribution in [3.8, 4) is 0 Å². The van der Waals surface area contributed by atoms with Crippen LogP contribution in [0.4, 0.5) is 0 Å². The first-order chi connectivity index (χ1) is 8.74. The maximum Gasteiger partial charge on any atom is 0.308 e. The van der Waals surface area contributed by atoms with E-state index in [2.05, 4.69) is 9.97 Å². The number of hydrogen-bond acceptors (Lipinski definition) is 4. The van der Waals surface area contributed by atoms with Crippen LogP contribution in [-0.2, 0) is 9.53 Å². The van der Waals surface area contributed by atoms with Crippen LogP contribution in [0.15, 0.2) is 18.6 Å². The lowest BCUT2D eigenvalue weighted by atomic mass is 9.89. The lowest BCUT2D eigenvalue weighted by molar-refractivity contribution is -0.149. The minimum atomic E-state index is 0.0206. The third kappa shape index (κ3) is 5.75. The minimum Gasteiger partial charge on any atom is -0.466 e. The van der Waals surface area contributed by atoms with Crippen LogP contribution >= 0.6 is 0 Å². The smallest absolute Gasteiger partial charge is 0.308 e. The summed E-state index contributed by atoms with van der Waals surface area (Å²) in [5, 5.41) is 0. The van der Waals surface area contributed by atoms with Gasteiger partial charge in [-0.2, -0.15) is 0 Å². The molecule has 100 valence electrons. The molecule has 0 radical (unpaired) electrons. The van der Waals surface area contributed by atoms with Crippen LogP contribution < -0.4 is 0 Å². The highest BCUT2D eigenvalue weighted by atomic mass is 16.5. The van der Waals surface area contributed by atoms with E-state index < -0.39 is 0 Å². The van der Waals surface area contributed by atoms with Crippen molar-refractivity contribution in [3.63, 3.8) is 0 Å². The van der Waals surface area contributed by atoms with Crippen LogP contribution in [0.2, 0.25) is 0 Å². The minimum absolute atomic E-state index is 0.0206. The number of carbonyl (C=O) groups is 1. The average Bonchev–Trinajstić information content (AvgIpc) is 2.42. The predicted molar refractivity (Wildman–Crippen MR) is 70.0 cm³/mol. The molecule has 1 heterocycles. The quantitative estimate of drug-likeness (QED) is 0.757. The van der Waals surface area contributed by atoms with E-state index >= 15 is 0 Å². The second kappa shape index (κ2) is 8.61. The normalized spacial score (nSPS) is 15.4. The maximum atomic E-state index is 11.2. The van der Waals surface area contributed by atoms with E-state index in [0.717, 1.165) is 18.5 Å². The van der Waals surface area contributed by atoms with E-state index in [9.17, 15) is 4.79 Å². The Labute approximate surface area is 109 Å². The number of ether oxygens (including phenoxy) is 1. The summed E-state index contributed by atoms with van der Waals surface area (Å²) in [6, 6.07) is 0. The Morgan fingerprint density at radius 3 is 2.50 bits per heavy atom. The molecule has 0 aliphatic heterocycles. The fourth-order valence-corrected chi connectivity index (χ4v) is 1.97. The summed E-state index contributed by atoms with van der Waals surface area (Å²) in [6.07, 6.45) is 10.8. The van der Waals surface area contributed by atoms with Gasteiger partial charge in [0.25, 0.3) is 0 Å². The lowest BCUT2D eigenvalue weighted by Crippen LogP contribution is -2.20. The third-order valence-electron chi connectivity index (χ3n) is 2.92. The number of carbonyl (C=O) groups excluding carboxylic acids is 1. The first kappa shape index (κ1) is 14.6. The van der Waals surface area contributed by atoms with Crippen molar-refractivity contribution in [3.05, 3.63) is 24.3 Å². The molecule has 0 saturated heterocycles. The molecule has 4 heteroatoms. The summed E-state index contributed by atoms with van der Waals surface area (Å²) in [6.45, 7) is 4.29. The number of nitrogens with zero attached hydrogens (tertiary/aromatic N) is 2. The molecule has 1 aromatic rings. The molecule has 1 saturated carbocycles. The van der Waals surface area contributed by atoms with Gasteiger partial charge in [0, 0.05) is 18.6 Å². The molecule has 0 spiro atoms. The van der Waals surface area contributed by atoms with Crippen molar-refractivity contribution < 1.29 is 9.53 Å². The van der Waals surface area contributed by atoms with Crippen LogP contribution in [-0.4, -0.2) is 22.5 Å². The van der Waals surface area contributed by atoms with Crippen LogP contribution in [0.25, 0.3) is 0 Å². The monoisotopic (exact) mass is 250 g/mol. The molecule has 0 unspecified atom stereocenters. The fraction of sp³-hybridized carbons (Fsp3) is 0.643.